The van der Waals surface area contributed by atoms with Crippen molar-refractivity contribution < 1.29 is 19.7 Å². The third-order valence-corrected chi connectivity index (χ3v) is 2.21. The lowest BCUT2D eigenvalue weighted by atomic mass is 10.2. The summed E-state index contributed by atoms with van der Waals surface area (Å²) in [5.74, 6) is -2.07. The van der Waals surface area contributed by atoms with E-state index in [2.05, 4.69) is 10.2 Å². The highest BCUT2D eigenvalue weighted by atomic mass is 19.1. The second-order valence-electron chi connectivity index (χ2n) is 3.48. The highest BCUT2D eigenvalue weighted by Crippen LogP contribution is 2.42. The number of rotatable bonds is 2. The van der Waals surface area contributed by atoms with Gasteiger partial charge in [0.2, 0.25) is 5.75 Å². The van der Waals surface area contributed by atoms with Crippen LogP contribution in [0.25, 0.3) is 0 Å². The van der Waals surface area contributed by atoms with Crippen LogP contribution in [0, 0.1) is 5.82 Å². The topological polar surface area (TPSA) is 85.4 Å². The molecule has 18 heavy (non-hydrogen) atoms. The zero-order valence-corrected chi connectivity index (χ0v) is 9.08. The van der Waals surface area contributed by atoms with Gasteiger partial charge in [-0.05, 0) is 36.4 Å². The molecule has 0 bridgehead atoms. The monoisotopic (exact) mass is 248 g/mol. The van der Waals surface area contributed by atoms with E-state index in [1.165, 1.54) is 36.4 Å². The first-order valence-corrected chi connectivity index (χ1v) is 4.99. The van der Waals surface area contributed by atoms with Crippen molar-refractivity contribution in [3.63, 3.8) is 0 Å². The van der Waals surface area contributed by atoms with Crippen molar-refractivity contribution in [2.75, 3.05) is 0 Å². The summed E-state index contributed by atoms with van der Waals surface area (Å²) in [5.41, 5.74) is 0.387. The quantitative estimate of drug-likeness (QED) is 0.562. The molecule has 0 unspecified atom stereocenters. The number of phenols is 3. The Labute approximate surface area is 101 Å². The Bertz CT molecular complexity index is 597. The minimum absolute atomic E-state index is 0.00498. The van der Waals surface area contributed by atoms with Gasteiger partial charge in [0, 0.05) is 0 Å². The van der Waals surface area contributed by atoms with Gasteiger partial charge in [-0.3, -0.25) is 0 Å². The van der Waals surface area contributed by atoms with Crippen LogP contribution in [0.2, 0.25) is 0 Å². The largest absolute Gasteiger partial charge is 0.504 e. The fourth-order valence-corrected chi connectivity index (χ4v) is 1.26. The molecule has 0 saturated carbocycles. The molecule has 0 radical (unpaired) electrons. The maximum atomic E-state index is 12.6. The van der Waals surface area contributed by atoms with Crippen LogP contribution in [0.3, 0.4) is 0 Å². The zero-order valence-electron chi connectivity index (χ0n) is 9.08. The predicted octanol–water partition coefficient (Wildman–Crippen LogP) is 3.36. The Morgan fingerprint density at radius 3 is 2.11 bits per heavy atom. The van der Waals surface area contributed by atoms with E-state index in [1.807, 2.05) is 0 Å². The van der Waals surface area contributed by atoms with Gasteiger partial charge in [0.15, 0.2) is 11.5 Å². The van der Waals surface area contributed by atoms with Crippen LogP contribution in [0.5, 0.6) is 17.2 Å². The molecule has 0 aliphatic carbocycles. The van der Waals surface area contributed by atoms with Gasteiger partial charge in [0.05, 0.1) is 5.69 Å². The van der Waals surface area contributed by atoms with E-state index in [-0.39, 0.29) is 11.5 Å². The van der Waals surface area contributed by atoms with Crippen molar-refractivity contribution in [3.8, 4) is 17.2 Å². The minimum atomic E-state index is -0.662. The fourth-order valence-electron chi connectivity index (χ4n) is 1.26. The van der Waals surface area contributed by atoms with Crippen molar-refractivity contribution in [1.29, 1.82) is 0 Å². The van der Waals surface area contributed by atoms with Crippen LogP contribution in [0.15, 0.2) is 46.6 Å². The molecule has 6 heteroatoms. The zero-order chi connectivity index (χ0) is 13.1. The van der Waals surface area contributed by atoms with Gasteiger partial charge in [-0.2, -0.15) is 5.11 Å². The Balaban J connectivity index is 2.29. The Kier molecular flexibility index (Phi) is 3.09. The van der Waals surface area contributed by atoms with Gasteiger partial charge in [0.1, 0.15) is 11.5 Å². The number of hydrogen-bond donors (Lipinski definition) is 3. The minimum Gasteiger partial charge on any atom is -0.504 e. The van der Waals surface area contributed by atoms with E-state index in [9.17, 15) is 14.6 Å². The number of halogens is 1. The van der Waals surface area contributed by atoms with Crippen molar-refractivity contribution in [3.05, 3.63) is 42.2 Å². The summed E-state index contributed by atoms with van der Waals surface area (Å²) >= 11 is 0. The van der Waals surface area contributed by atoms with E-state index < -0.39 is 17.2 Å². The van der Waals surface area contributed by atoms with Crippen LogP contribution in [-0.2, 0) is 0 Å². The molecule has 2 rings (SSSR count). The lowest BCUT2D eigenvalue weighted by Gasteiger charge is -2.02. The van der Waals surface area contributed by atoms with Crippen molar-refractivity contribution in [2.45, 2.75) is 0 Å². The third kappa shape index (κ3) is 2.37. The number of phenolic OH excluding ortho intramolecular Hbond substituents is 3. The molecule has 0 saturated heterocycles. The molecular formula is C12H9FN2O3. The first-order valence-electron chi connectivity index (χ1n) is 4.99. The molecule has 2 aromatic rings. The second kappa shape index (κ2) is 4.70. The third-order valence-electron chi connectivity index (χ3n) is 2.21. The lowest BCUT2D eigenvalue weighted by Crippen LogP contribution is -1.73. The molecule has 0 atom stereocenters. The van der Waals surface area contributed by atoms with Crippen LogP contribution in [0.4, 0.5) is 15.8 Å². The highest BCUT2D eigenvalue weighted by molar-refractivity contribution is 5.63. The summed E-state index contributed by atoms with van der Waals surface area (Å²) in [6, 6.07) is 7.74. The maximum absolute atomic E-state index is 12.6. The predicted molar refractivity (Wildman–Crippen MR) is 62.0 cm³/mol. The first kappa shape index (κ1) is 11.8. The number of hydrogen-bond acceptors (Lipinski definition) is 5. The van der Waals surface area contributed by atoms with E-state index >= 15 is 0 Å². The molecule has 0 heterocycles. The van der Waals surface area contributed by atoms with Gasteiger partial charge >= 0.3 is 0 Å². The SMILES string of the molecule is Oc1ccc(N=Nc2ccc(F)cc2)c(O)c1O. The molecule has 0 aliphatic rings. The molecule has 3 N–H and O–H groups in total. The molecule has 92 valence electrons. The average molecular weight is 248 g/mol. The number of benzene rings is 2. The number of aromatic hydroxyl groups is 3. The highest BCUT2D eigenvalue weighted by Gasteiger charge is 2.10. The van der Waals surface area contributed by atoms with Gasteiger partial charge in [0.25, 0.3) is 0 Å². The van der Waals surface area contributed by atoms with Crippen LogP contribution < -0.4 is 0 Å². The first-order chi connectivity index (χ1) is 8.58. The molecule has 2 aromatic carbocycles. The number of azo groups is 1. The second-order valence-corrected chi connectivity index (χ2v) is 3.48. The van der Waals surface area contributed by atoms with Crippen LogP contribution >= 0.6 is 0 Å². The lowest BCUT2D eigenvalue weighted by molar-refractivity contribution is 0.368. The molecule has 0 aliphatic heterocycles. The average Bonchev–Trinajstić information content (AvgIpc) is 2.37. The molecular weight excluding hydrogens is 239 g/mol. The molecule has 5 nitrogen and oxygen atoms in total. The van der Waals surface area contributed by atoms with Crippen molar-refractivity contribution >= 4 is 11.4 Å². The smallest absolute Gasteiger partial charge is 0.202 e. The molecule has 0 amide bonds. The molecule has 0 aromatic heterocycles. The Morgan fingerprint density at radius 2 is 1.44 bits per heavy atom. The van der Waals surface area contributed by atoms with Gasteiger partial charge in [-0.1, -0.05) is 0 Å². The van der Waals surface area contributed by atoms with Crippen molar-refractivity contribution in [2.24, 2.45) is 10.2 Å². The summed E-state index contributed by atoms with van der Waals surface area (Å²) in [5, 5.41) is 35.3. The summed E-state index contributed by atoms with van der Waals surface area (Å²) in [7, 11) is 0. The molecule has 0 fully saturated rings. The fraction of sp³-hybridized carbons (Fsp3) is 0. The van der Waals surface area contributed by atoms with E-state index in [0.29, 0.717) is 5.69 Å². The van der Waals surface area contributed by atoms with Gasteiger partial charge < -0.3 is 15.3 Å². The van der Waals surface area contributed by atoms with Crippen LogP contribution in [0.1, 0.15) is 0 Å². The normalized spacial score (nSPS) is 10.9. The standard InChI is InChI=1S/C12H9FN2O3/c13-7-1-3-8(4-2-7)14-15-9-5-6-10(16)12(18)11(9)17/h1-6,16-18H. The summed E-state index contributed by atoms with van der Waals surface area (Å²) < 4.78 is 12.6. The summed E-state index contributed by atoms with van der Waals surface area (Å²) in [4.78, 5) is 0. The summed E-state index contributed by atoms with van der Waals surface area (Å²) in [6.45, 7) is 0. The van der Waals surface area contributed by atoms with E-state index in [0.717, 1.165) is 0 Å². The van der Waals surface area contributed by atoms with Gasteiger partial charge in [-0.15, -0.1) is 5.11 Å². The molecule has 0 spiro atoms. The number of nitrogens with zero attached hydrogens (tertiary/aromatic N) is 2. The van der Waals surface area contributed by atoms with Crippen molar-refractivity contribution in [1.82, 2.24) is 0 Å². The Morgan fingerprint density at radius 1 is 0.778 bits per heavy atom. The van der Waals surface area contributed by atoms with Gasteiger partial charge in [-0.25, -0.2) is 4.39 Å². The Hall–Kier alpha value is -2.63. The van der Waals surface area contributed by atoms with E-state index in [4.69, 9.17) is 5.11 Å². The maximum Gasteiger partial charge on any atom is 0.202 e. The summed E-state index contributed by atoms with van der Waals surface area (Å²) in [6.07, 6.45) is 0. The van der Waals surface area contributed by atoms with E-state index in [1.54, 1.807) is 0 Å². The van der Waals surface area contributed by atoms with Crippen LogP contribution in [-0.4, -0.2) is 15.3 Å².